The zero-order chi connectivity index (χ0) is 11.9. The molecule has 4 heteroatoms. The van der Waals surface area contributed by atoms with Crippen molar-refractivity contribution >= 4 is 15.9 Å². The van der Waals surface area contributed by atoms with Crippen LogP contribution in [0.15, 0.2) is 10.7 Å². The van der Waals surface area contributed by atoms with E-state index in [9.17, 15) is 5.11 Å². The first-order chi connectivity index (χ1) is 6.71. The molecule has 1 aromatic rings. The minimum Gasteiger partial charge on any atom is -0.383 e. The highest BCUT2D eigenvalue weighted by molar-refractivity contribution is 9.10. The highest BCUT2D eigenvalue weighted by Gasteiger charge is 2.41. The van der Waals surface area contributed by atoms with Gasteiger partial charge in [0.2, 0.25) is 0 Å². The maximum Gasteiger partial charge on any atom is 0.109 e. The smallest absolute Gasteiger partial charge is 0.109 e. The van der Waals surface area contributed by atoms with Crippen molar-refractivity contribution in [1.29, 1.82) is 0 Å². The SMILES string of the molecule is CCn1ncc(Br)c1C(C)(O)C(C)(C)C. The van der Waals surface area contributed by atoms with Crippen LogP contribution in [0, 0.1) is 5.41 Å². The molecule has 0 aliphatic heterocycles. The number of aliphatic hydroxyl groups is 1. The van der Waals surface area contributed by atoms with E-state index < -0.39 is 5.60 Å². The number of nitrogens with zero attached hydrogens (tertiary/aromatic N) is 2. The van der Waals surface area contributed by atoms with Crippen LogP contribution < -0.4 is 0 Å². The van der Waals surface area contributed by atoms with E-state index in [0.717, 1.165) is 16.7 Å². The summed E-state index contributed by atoms with van der Waals surface area (Å²) in [4.78, 5) is 0. The summed E-state index contributed by atoms with van der Waals surface area (Å²) in [6, 6.07) is 0. The molecule has 0 radical (unpaired) electrons. The second-order valence-corrected chi connectivity index (χ2v) is 5.83. The molecule has 1 unspecified atom stereocenters. The molecule has 0 aliphatic rings. The lowest BCUT2D eigenvalue weighted by Crippen LogP contribution is -2.39. The Kier molecular flexibility index (Phi) is 3.31. The Bertz CT molecular complexity index is 350. The Morgan fingerprint density at radius 2 is 1.93 bits per heavy atom. The van der Waals surface area contributed by atoms with Crippen LogP contribution in [0.3, 0.4) is 0 Å². The van der Waals surface area contributed by atoms with Crippen LogP contribution in [0.1, 0.15) is 40.3 Å². The summed E-state index contributed by atoms with van der Waals surface area (Å²) in [6.45, 7) is 10.7. The molecule has 0 saturated heterocycles. The summed E-state index contributed by atoms with van der Waals surface area (Å²) in [5.41, 5.74) is -0.293. The largest absolute Gasteiger partial charge is 0.383 e. The molecule has 1 rings (SSSR count). The van der Waals surface area contributed by atoms with Gasteiger partial charge < -0.3 is 5.11 Å². The molecule has 0 spiro atoms. The second kappa shape index (κ2) is 3.91. The van der Waals surface area contributed by atoms with Gasteiger partial charge in [0, 0.05) is 6.54 Å². The van der Waals surface area contributed by atoms with Gasteiger partial charge in [-0.1, -0.05) is 20.8 Å². The Balaban J connectivity index is 3.31. The molecule has 0 fully saturated rings. The number of rotatable bonds is 2. The van der Waals surface area contributed by atoms with E-state index >= 15 is 0 Å². The summed E-state index contributed by atoms with van der Waals surface area (Å²) < 4.78 is 2.69. The van der Waals surface area contributed by atoms with Crippen molar-refractivity contribution < 1.29 is 5.11 Å². The van der Waals surface area contributed by atoms with Crippen LogP contribution in [0.25, 0.3) is 0 Å². The number of aryl methyl sites for hydroxylation is 1. The minimum absolute atomic E-state index is 0.234. The zero-order valence-electron chi connectivity index (χ0n) is 10.0. The van der Waals surface area contributed by atoms with Gasteiger partial charge in [-0.2, -0.15) is 5.10 Å². The third-order valence-corrected chi connectivity index (χ3v) is 3.60. The van der Waals surface area contributed by atoms with E-state index in [1.54, 1.807) is 6.20 Å². The van der Waals surface area contributed by atoms with Gasteiger partial charge in [-0.15, -0.1) is 0 Å². The molecular weight excluding hydrogens is 256 g/mol. The number of hydrogen-bond acceptors (Lipinski definition) is 2. The Labute approximate surface area is 99.6 Å². The molecule has 0 aromatic carbocycles. The summed E-state index contributed by atoms with van der Waals surface area (Å²) >= 11 is 3.44. The molecule has 3 nitrogen and oxygen atoms in total. The average Bonchev–Trinajstić information content (AvgIpc) is 2.44. The van der Waals surface area contributed by atoms with Gasteiger partial charge in [0.05, 0.1) is 16.4 Å². The second-order valence-electron chi connectivity index (χ2n) is 4.98. The van der Waals surface area contributed by atoms with Crippen LogP contribution >= 0.6 is 15.9 Å². The monoisotopic (exact) mass is 274 g/mol. The van der Waals surface area contributed by atoms with Crippen molar-refractivity contribution in [2.75, 3.05) is 0 Å². The van der Waals surface area contributed by atoms with Crippen molar-refractivity contribution in [3.05, 3.63) is 16.4 Å². The van der Waals surface area contributed by atoms with E-state index in [1.807, 2.05) is 39.3 Å². The van der Waals surface area contributed by atoms with E-state index in [1.165, 1.54) is 0 Å². The molecule has 1 aromatic heterocycles. The lowest BCUT2D eigenvalue weighted by molar-refractivity contribution is -0.0546. The average molecular weight is 275 g/mol. The van der Waals surface area contributed by atoms with Crippen molar-refractivity contribution in [2.45, 2.75) is 46.8 Å². The molecule has 86 valence electrons. The fraction of sp³-hybridized carbons (Fsp3) is 0.727. The maximum atomic E-state index is 10.6. The molecule has 1 heterocycles. The summed E-state index contributed by atoms with van der Waals surface area (Å²) in [5, 5.41) is 14.8. The van der Waals surface area contributed by atoms with Gasteiger partial charge >= 0.3 is 0 Å². The lowest BCUT2D eigenvalue weighted by Gasteiger charge is -2.37. The van der Waals surface area contributed by atoms with Gasteiger partial charge in [0.1, 0.15) is 5.60 Å². The first kappa shape index (κ1) is 12.7. The summed E-state index contributed by atoms with van der Waals surface area (Å²) in [7, 11) is 0. The van der Waals surface area contributed by atoms with Crippen molar-refractivity contribution in [3.63, 3.8) is 0 Å². The number of hydrogen-bond donors (Lipinski definition) is 1. The predicted molar refractivity (Wildman–Crippen MR) is 64.6 cm³/mol. The summed E-state index contributed by atoms with van der Waals surface area (Å²) in [5.74, 6) is 0. The minimum atomic E-state index is -0.904. The topological polar surface area (TPSA) is 38.0 Å². The predicted octanol–water partition coefficient (Wildman–Crippen LogP) is 2.92. The lowest BCUT2D eigenvalue weighted by atomic mass is 9.76. The zero-order valence-corrected chi connectivity index (χ0v) is 11.6. The molecule has 0 aliphatic carbocycles. The van der Waals surface area contributed by atoms with Gasteiger partial charge in [0.25, 0.3) is 0 Å². The van der Waals surface area contributed by atoms with E-state index in [2.05, 4.69) is 21.0 Å². The first-order valence-electron chi connectivity index (χ1n) is 5.16. The molecule has 0 saturated carbocycles. The highest BCUT2D eigenvalue weighted by Crippen LogP contribution is 2.41. The number of halogens is 1. The molecule has 0 bridgehead atoms. The van der Waals surface area contributed by atoms with Crippen LogP contribution in [0.5, 0.6) is 0 Å². The summed E-state index contributed by atoms with van der Waals surface area (Å²) in [6.07, 6.45) is 1.74. The Morgan fingerprint density at radius 3 is 2.33 bits per heavy atom. The van der Waals surface area contributed by atoms with Crippen molar-refractivity contribution in [3.8, 4) is 0 Å². The van der Waals surface area contributed by atoms with Crippen molar-refractivity contribution in [1.82, 2.24) is 9.78 Å². The quantitative estimate of drug-likeness (QED) is 0.901. The Hall–Kier alpha value is -0.350. The van der Waals surface area contributed by atoms with E-state index in [0.29, 0.717) is 0 Å². The van der Waals surface area contributed by atoms with Gasteiger partial charge in [-0.25, -0.2) is 0 Å². The van der Waals surface area contributed by atoms with Crippen LogP contribution in [0.2, 0.25) is 0 Å². The fourth-order valence-electron chi connectivity index (χ4n) is 1.44. The Morgan fingerprint density at radius 1 is 1.40 bits per heavy atom. The number of aromatic nitrogens is 2. The maximum absolute atomic E-state index is 10.6. The first-order valence-corrected chi connectivity index (χ1v) is 5.95. The van der Waals surface area contributed by atoms with E-state index in [-0.39, 0.29) is 5.41 Å². The standard InChI is InChI=1S/C11H19BrN2O/c1-6-14-9(8(12)7-13-14)11(5,15)10(2,3)4/h7,15H,6H2,1-5H3. The third kappa shape index (κ3) is 2.11. The third-order valence-electron chi connectivity index (χ3n) is 3.02. The molecule has 0 amide bonds. The molecule has 1 atom stereocenters. The van der Waals surface area contributed by atoms with Crippen LogP contribution in [-0.4, -0.2) is 14.9 Å². The van der Waals surface area contributed by atoms with Crippen LogP contribution in [-0.2, 0) is 12.1 Å². The van der Waals surface area contributed by atoms with Crippen LogP contribution in [0.4, 0.5) is 0 Å². The van der Waals surface area contributed by atoms with E-state index in [4.69, 9.17) is 0 Å². The fourth-order valence-corrected chi connectivity index (χ4v) is 2.12. The van der Waals surface area contributed by atoms with Gasteiger partial charge in [-0.05, 0) is 35.2 Å². The van der Waals surface area contributed by atoms with Gasteiger partial charge in [0.15, 0.2) is 0 Å². The highest BCUT2D eigenvalue weighted by atomic mass is 79.9. The van der Waals surface area contributed by atoms with Crippen molar-refractivity contribution in [2.24, 2.45) is 5.41 Å². The normalized spacial score (nSPS) is 16.5. The van der Waals surface area contributed by atoms with Gasteiger partial charge in [-0.3, -0.25) is 4.68 Å². The molecule has 1 N–H and O–H groups in total. The molecule has 15 heavy (non-hydrogen) atoms. The molecular formula is C11H19BrN2O.